The molecule has 2 aliphatic rings. The second-order valence-electron chi connectivity index (χ2n) is 20.5. The molecule has 0 N–H and O–H groups in total. The number of benzene rings is 9. The van der Waals surface area contributed by atoms with Crippen LogP contribution in [0.25, 0.3) is 78.2 Å². The van der Waals surface area contributed by atoms with E-state index in [9.17, 15) is 0 Å². The first-order valence-electron chi connectivity index (χ1n) is 25.0. The van der Waals surface area contributed by atoms with Gasteiger partial charge in [-0.1, -0.05) is 204 Å². The van der Waals surface area contributed by atoms with Gasteiger partial charge in [0, 0.05) is 45.0 Å². The number of pyridine rings is 1. The van der Waals surface area contributed by atoms with E-state index in [2.05, 4.69) is 261 Å². The van der Waals surface area contributed by atoms with Crippen molar-refractivity contribution in [3.63, 3.8) is 0 Å². The highest BCUT2D eigenvalue weighted by Crippen LogP contribution is 2.54. The SMILES string of the molecule is CC1(C)c2cc(-n3c4ccccc4n4c5ccccc5nc34)ccc2Oc2c(cccc2[Si](c2ccccc2)(c2ccccc2)c2ccc3c(c2)-c2ccccc2-c2ccccc2-c2cccnc2-3)C1(C)C. The van der Waals surface area contributed by atoms with Crippen molar-refractivity contribution in [3.05, 3.63) is 242 Å². The van der Waals surface area contributed by atoms with Crippen LogP contribution in [0, 0.1) is 0 Å². The van der Waals surface area contributed by atoms with Gasteiger partial charge in [0.15, 0.2) is 8.07 Å². The fourth-order valence-corrected chi connectivity index (χ4v) is 17.2. The smallest absolute Gasteiger partial charge is 0.220 e. The number of fused-ring (bicyclic) bond motifs is 15. The number of hydrogen-bond acceptors (Lipinski definition) is 3. The average molecular weight is 943 g/mol. The molecular formula is C66H50N4OSi. The first-order chi connectivity index (χ1) is 35.2. The number of nitrogens with zero attached hydrogens (tertiary/aromatic N) is 4. The van der Waals surface area contributed by atoms with E-state index in [1.807, 2.05) is 6.20 Å². The third-order valence-corrected chi connectivity index (χ3v) is 21.3. The number of imidazole rings is 2. The maximum absolute atomic E-state index is 7.76. The molecule has 0 radical (unpaired) electrons. The summed E-state index contributed by atoms with van der Waals surface area (Å²) in [6, 6.07) is 82.6. The maximum Gasteiger partial charge on any atom is 0.220 e. The van der Waals surface area contributed by atoms with Crippen LogP contribution in [0.1, 0.15) is 38.8 Å². The topological polar surface area (TPSA) is 44.4 Å². The van der Waals surface area contributed by atoms with Crippen molar-refractivity contribution in [3.8, 4) is 61.8 Å². The molecule has 12 aromatic rings. The fourth-order valence-electron chi connectivity index (χ4n) is 12.4. The summed E-state index contributed by atoms with van der Waals surface area (Å²) in [6.45, 7) is 9.60. The van der Waals surface area contributed by atoms with Gasteiger partial charge >= 0.3 is 0 Å². The molecule has 0 unspecified atom stereocenters. The van der Waals surface area contributed by atoms with E-state index >= 15 is 0 Å². The van der Waals surface area contributed by atoms with Crippen molar-refractivity contribution in [1.29, 1.82) is 0 Å². The van der Waals surface area contributed by atoms with Crippen LogP contribution < -0.4 is 25.5 Å². The molecule has 0 fully saturated rings. The Bertz CT molecular complexity index is 4100. The quantitative estimate of drug-likeness (QED) is 0.128. The Morgan fingerprint density at radius 1 is 0.431 bits per heavy atom. The molecule has 0 atom stereocenters. The molecule has 6 heteroatoms. The van der Waals surface area contributed by atoms with Gasteiger partial charge in [-0.05, 0) is 97.1 Å². The molecule has 0 bridgehead atoms. The second-order valence-corrected chi connectivity index (χ2v) is 24.3. The van der Waals surface area contributed by atoms with Crippen molar-refractivity contribution in [2.24, 2.45) is 0 Å². The first-order valence-corrected chi connectivity index (χ1v) is 27.0. The van der Waals surface area contributed by atoms with E-state index in [1.54, 1.807) is 0 Å². The summed E-state index contributed by atoms with van der Waals surface area (Å²) in [5, 5.41) is 5.04. The molecule has 1 aliphatic carbocycles. The molecule has 0 saturated heterocycles. The Balaban J connectivity index is 1.04. The first kappa shape index (κ1) is 42.3. The summed E-state index contributed by atoms with van der Waals surface area (Å²) in [6.07, 6.45) is 1.93. The lowest BCUT2D eigenvalue weighted by atomic mass is 9.61. The second kappa shape index (κ2) is 15.7. The number of para-hydroxylation sites is 5. The van der Waals surface area contributed by atoms with Crippen molar-refractivity contribution in [2.45, 2.75) is 38.5 Å². The monoisotopic (exact) mass is 942 g/mol. The molecule has 14 rings (SSSR count). The van der Waals surface area contributed by atoms with Crippen LogP contribution >= 0.6 is 0 Å². The maximum atomic E-state index is 7.76. The normalized spacial score (nSPS) is 14.2. The Morgan fingerprint density at radius 2 is 1.01 bits per heavy atom. The Labute approximate surface area is 420 Å². The Kier molecular flexibility index (Phi) is 9.23. The highest BCUT2D eigenvalue weighted by molar-refractivity contribution is 7.20. The summed E-state index contributed by atoms with van der Waals surface area (Å²) in [5.74, 6) is 2.68. The highest BCUT2D eigenvalue weighted by Gasteiger charge is 2.50. The van der Waals surface area contributed by atoms with Crippen molar-refractivity contribution < 1.29 is 4.74 Å². The van der Waals surface area contributed by atoms with Crippen LogP contribution in [0.4, 0.5) is 0 Å². The molecule has 1 aliphatic heterocycles. The van der Waals surface area contributed by atoms with E-state index in [0.717, 1.165) is 67.4 Å². The summed E-state index contributed by atoms with van der Waals surface area (Å²) in [5.41, 5.74) is 16.1. The van der Waals surface area contributed by atoms with Crippen molar-refractivity contribution in [1.82, 2.24) is 18.9 Å². The number of aromatic nitrogens is 4. The molecule has 344 valence electrons. The van der Waals surface area contributed by atoms with E-state index in [-0.39, 0.29) is 0 Å². The lowest BCUT2D eigenvalue weighted by Crippen LogP contribution is -2.75. The minimum Gasteiger partial charge on any atom is -0.457 e. The van der Waals surface area contributed by atoms with Gasteiger partial charge in [0.05, 0.1) is 27.8 Å². The van der Waals surface area contributed by atoms with E-state index < -0.39 is 18.9 Å². The highest BCUT2D eigenvalue weighted by atomic mass is 28.3. The molecule has 3 aromatic heterocycles. The molecule has 0 amide bonds. The van der Waals surface area contributed by atoms with Gasteiger partial charge in [-0.2, -0.15) is 0 Å². The van der Waals surface area contributed by atoms with Gasteiger partial charge in [0.25, 0.3) is 0 Å². The van der Waals surface area contributed by atoms with Crippen LogP contribution in [-0.2, 0) is 10.8 Å². The van der Waals surface area contributed by atoms with Gasteiger partial charge in [-0.15, -0.1) is 0 Å². The van der Waals surface area contributed by atoms with E-state index in [1.165, 1.54) is 54.1 Å². The van der Waals surface area contributed by atoms with E-state index in [0.29, 0.717) is 0 Å². The van der Waals surface area contributed by atoms with Gasteiger partial charge < -0.3 is 4.74 Å². The van der Waals surface area contributed by atoms with Crippen LogP contribution in [0.5, 0.6) is 11.5 Å². The summed E-state index contributed by atoms with van der Waals surface area (Å²) in [4.78, 5) is 10.4. The summed E-state index contributed by atoms with van der Waals surface area (Å²) >= 11 is 0. The Morgan fingerprint density at radius 3 is 1.72 bits per heavy atom. The molecule has 5 nitrogen and oxygen atoms in total. The zero-order valence-electron chi connectivity index (χ0n) is 40.6. The van der Waals surface area contributed by atoms with Gasteiger partial charge in [0.1, 0.15) is 11.5 Å². The largest absolute Gasteiger partial charge is 0.457 e. The van der Waals surface area contributed by atoms with Crippen LogP contribution in [-0.4, -0.2) is 27.0 Å². The minimum atomic E-state index is -3.30. The molecule has 9 aromatic carbocycles. The zero-order valence-corrected chi connectivity index (χ0v) is 41.6. The summed E-state index contributed by atoms with van der Waals surface area (Å²) in [7, 11) is -3.30. The minimum absolute atomic E-state index is 0.395. The van der Waals surface area contributed by atoms with Crippen molar-refractivity contribution >= 4 is 56.7 Å². The molecular weight excluding hydrogens is 893 g/mol. The predicted molar refractivity (Wildman–Crippen MR) is 299 cm³/mol. The number of hydrogen-bond donors (Lipinski definition) is 0. The standard InChI is InChI=1S/C66H50N4OSi/c1-65(2)54-30-19-35-61(63(54)71-60-39-36-43(41-55(60)66(65,3)4)69-58-33-17-18-34-59(58)70-57-32-16-15-31-56(57)68-64(69)70)72(44-21-7-5-8-22-44,45-23-9-6-10-24-45)46-37-38-52-53(42-46)50-28-14-12-26-48(50)47-25-11-13-27-49(47)51-29-20-40-67-62(51)52/h5-42H,1-4H3. The molecule has 4 heterocycles. The molecule has 0 saturated carbocycles. The van der Waals surface area contributed by atoms with Crippen LogP contribution in [0.2, 0.25) is 0 Å². The molecule has 72 heavy (non-hydrogen) atoms. The van der Waals surface area contributed by atoms with E-state index in [4.69, 9.17) is 14.7 Å². The number of ether oxygens (including phenoxy) is 1. The number of rotatable bonds is 5. The van der Waals surface area contributed by atoms with Crippen molar-refractivity contribution in [2.75, 3.05) is 0 Å². The third kappa shape index (κ3) is 5.87. The fraction of sp³-hybridized carbons (Fsp3) is 0.0909. The summed E-state index contributed by atoms with van der Waals surface area (Å²) < 4.78 is 12.4. The van der Waals surface area contributed by atoms with Crippen LogP contribution in [0.15, 0.2) is 231 Å². The molecule has 0 spiro atoms. The zero-order chi connectivity index (χ0) is 48.3. The average Bonchev–Trinajstić information content (AvgIpc) is 3.94. The van der Waals surface area contributed by atoms with Crippen LogP contribution in [0.3, 0.4) is 0 Å². The lowest BCUT2D eigenvalue weighted by Gasteiger charge is -2.42. The van der Waals surface area contributed by atoms with Gasteiger partial charge in [0.2, 0.25) is 5.78 Å². The Hall–Kier alpha value is -8.58. The van der Waals surface area contributed by atoms with Gasteiger partial charge in [-0.25, -0.2) is 4.98 Å². The third-order valence-electron chi connectivity index (χ3n) is 16.5. The predicted octanol–water partition coefficient (Wildman–Crippen LogP) is 13.5. The lowest BCUT2D eigenvalue weighted by molar-refractivity contribution is 0.306. The van der Waals surface area contributed by atoms with Gasteiger partial charge in [-0.3, -0.25) is 14.0 Å².